The van der Waals surface area contributed by atoms with Crippen LogP contribution in [0.3, 0.4) is 0 Å². The van der Waals surface area contributed by atoms with Crippen LogP contribution in [0.1, 0.15) is 0 Å². The first-order chi connectivity index (χ1) is 7.73. The van der Waals surface area contributed by atoms with Crippen molar-refractivity contribution in [1.82, 2.24) is 0 Å². The quantitative estimate of drug-likeness (QED) is 0.165. The molecule has 0 aromatic heterocycles. The van der Waals surface area contributed by atoms with Gasteiger partial charge in [0.25, 0.3) is 0 Å². The van der Waals surface area contributed by atoms with Gasteiger partial charge in [0.05, 0.1) is 0 Å². The number of hydrogen-bond acceptors (Lipinski definition) is 13. The summed E-state index contributed by atoms with van der Waals surface area (Å²) in [5.41, 5.74) is 0. The Bertz CT molecular complexity index is 166. The van der Waals surface area contributed by atoms with E-state index >= 15 is 0 Å². The Morgan fingerprint density at radius 3 is 0.667 bits per heavy atom. The van der Waals surface area contributed by atoms with Crippen molar-refractivity contribution in [3.05, 3.63) is 0 Å². The summed E-state index contributed by atoms with van der Waals surface area (Å²) in [4.78, 5) is 101. The predicted octanol–water partition coefficient (Wildman–Crippen LogP) is -10.9. The fourth-order valence-corrected chi connectivity index (χ4v) is 0. The zero-order valence-electron chi connectivity index (χ0n) is 9.93. The molecule has 0 spiro atoms. The maximum atomic E-state index is 8.58. The Morgan fingerprint density at radius 2 is 0.667 bits per heavy atom. The van der Waals surface area contributed by atoms with Gasteiger partial charge in [0.1, 0.15) is 0 Å². The molecule has 0 heterocycles. The largest absolute Gasteiger partial charge is 2.00 e. The third-order valence-corrected chi connectivity index (χ3v) is 0. The van der Waals surface area contributed by atoms with Crippen LogP contribution in [0.5, 0.6) is 0 Å². The Balaban J connectivity index is -0.0000000347. The number of carbonyl (C=O) groups is 1. The molecule has 0 aliphatic carbocycles. The normalized spacial score (nSPS) is 9.71. The van der Waals surface area contributed by atoms with Gasteiger partial charge in [0.2, 0.25) is 0 Å². The molecule has 0 aromatic rings. The average Bonchev–Trinajstić information content (AvgIpc) is 1.66. The van der Waals surface area contributed by atoms with E-state index in [1.54, 1.807) is 0 Å². The average molecular weight is 411 g/mol. The topological polar surface area (TPSA) is 312 Å². The second-order valence-corrected chi connectivity index (χ2v) is 5.38. The molecule has 0 fully saturated rings. The van der Waals surface area contributed by atoms with Gasteiger partial charge >= 0.3 is 85.0 Å². The molecular formula is CH10CaMgO15Si3. The molecule has 0 saturated carbocycles. The van der Waals surface area contributed by atoms with E-state index in [4.69, 9.17) is 72.6 Å². The molecule has 10 N–H and O–H groups in total. The third-order valence-electron chi connectivity index (χ3n) is 0. The fourth-order valence-electron chi connectivity index (χ4n) is 0. The van der Waals surface area contributed by atoms with Crippen molar-refractivity contribution in [2.45, 2.75) is 0 Å². The van der Waals surface area contributed by atoms with Crippen molar-refractivity contribution in [3.8, 4) is 0 Å². The predicted molar refractivity (Wildman–Crippen MR) is 57.2 cm³/mol. The molecule has 0 aromatic carbocycles. The number of rotatable bonds is 0. The van der Waals surface area contributed by atoms with Gasteiger partial charge in [-0.05, 0) is 0 Å². The summed E-state index contributed by atoms with van der Waals surface area (Å²) >= 11 is 0. The van der Waals surface area contributed by atoms with Crippen molar-refractivity contribution in [3.63, 3.8) is 0 Å². The molecule has 21 heavy (non-hydrogen) atoms. The molecule has 15 nitrogen and oxygen atoms in total. The monoisotopic (exact) mass is 410 g/mol. The van der Waals surface area contributed by atoms with E-state index in [9.17, 15) is 0 Å². The van der Waals surface area contributed by atoms with Crippen LogP contribution in [-0.2, 0) is 0 Å². The van der Waals surface area contributed by atoms with Gasteiger partial charge in [-0.3, -0.25) is 0 Å². The Labute approximate surface area is 165 Å². The zero-order chi connectivity index (χ0) is 17.1. The molecule has 0 bridgehead atoms. The summed E-state index contributed by atoms with van der Waals surface area (Å²) in [6.07, 6.45) is -1.83. The summed E-state index contributed by atoms with van der Waals surface area (Å²) in [7, 11) is -14.8. The first-order valence-electron chi connectivity index (χ1n) is 3.26. The van der Waals surface area contributed by atoms with Gasteiger partial charge in [-0.25, -0.2) is 4.79 Å². The molecule has 120 valence electrons. The van der Waals surface area contributed by atoms with Crippen LogP contribution < -0.4 is 19.2 Å². The minimum atomic E-state index is -5.61. The first kappa shape index (κ1) is 38.2. The summed E-state index contributed by atoms with van der Waals surface area (Å²) in [6.45, 7) is 0. The van der Waals surface area contributed by atoms with E-state index < -0.39 is 33.3 Å². The van der Waals surface area contributed by atoms with Gasteiger partial charge < -0.3 is 76.8 Å². The van der Waals surface area contributed by atoms with Crippen molar-refractivity contribution >= 4 is 94.1 Å². The second-order valence-electron chi connectivity index (χ2n) is 1.98. The second kappa shape index (κ2) is 17.8. The summed E-state index contributed by atoms with van der Waals surface area (Å²) in [5, 5.41) is 13.9. The Kier molecular flexibility index (Phi) is 32.4. The van der Waals surface area contributed by atoms with Crippen LogP contribution in [-0.4, -0.2) is 143 Å². The van der Waals surface area contributed by atoms with Crippen LogP contribution in [0.4, 0.5) is 4.79 Å². The molecule has 0 radical (unpaired) electrons. The number of hydrogen-bond donors (Lipinski definition) is 10. The molecule has 0 atom stereocenters. The first-order valence-corrected chi connectivity index (χ1v) is 8.47. The maximum absolute atomic E-state index is 8.58. The van der Waals surface area contributed by atoms with Gasteiger partial charge in [0, 0.05) is 0 Å². The Morgan fingerprint density at radius 1 is 0.667 bits per heavy atom. The molecule has 0 unspecified atom stereocenters. The third kappa shape index (κ3) is 3780. The minimum Gasteiger partial charge on any atom is -0.894 e. The molecular weight excluding hydrogens is 401 g/mol. The molecule has 0 saturated heterocycles. The number of carboxylic acid groups (broad SMARTS) is 2. The van der Waals surface area contributed by atoms with Crippen LogP contribution in [0.25, 0.3) is 0 Å². The van der Waals surface area contributed by atoms with E-state index in [0.29, 0.717) is 0 Å². The molecule has 0 amide bonds. The van der Waals surface area contributed by atoms with E-state index in [1.807, 2.05) is 0 Å². The molecule has 0 aliphatic rings. The Hall–Kier alpha value is 1.47. The SMILES string of the molecule is O=C(O)O.O[Si](O)(O)O.O[Si](O)(O)O.[Ca+2].[Mg+2].[O-][Si]([O-])([O-])[O-]. The van der Waals surface area contributed by atoms with E-state index in [-0.39, 0.29) is 60.8 Å². The van der Waals surface area contributed by atoms with Crippen molar-refractivity contribution in [2.24, 2.45) is 0 Å². The van der Waals surface area contributed by atoms with Gasteiger partial charge in [0.15, 0.2) is 0 Å². The van der Waals surface area contributed by atoms with Crippen LogP contribution in [0.15, 0.2) is 0 Å². The molecule has 0 aliphatic heterocycles. The standard InChI is InChI=1S/CH2O3.Ca.Mg.2H4O4Si.O4Si/c2-1(3)4;;;3*1-5(2,3)4/h(H2,2,3,4);;;2*1-4H;/q;2*+2;;;-4. The van der Waals surface area contributed by atoms with Crippen LogP contribution in [0, 0.1) is 0 Å². The summed E-state index contributed by atoms with van der Waals surface area (Å²) in [6, 6.07) is 0. The fraction of sp³-hybridized carbons (Fsp3) is 0. The summed E-state index contributed by atoms with van der Waals surface area (Å²) < 4.78 is 0. The molecule has 20 heteroatoms. The van der Waals surface area contributed by atoms with Crippen molar-refractivity contribution in [2.75, 3.05) is 0 Å². The van der Waals surface area contributed by atoms with Crippen molar-refractivity contribution in [1.29, 1.82) is 0 Å². The van der Waals surface area contributed by atoms with Gasteiger partial charge in [-0.15, -0.1) is 0 Å². The van der Waals surface area contributed by atoms with Crippen LogP contribution in [0.2, 0.25) is 0 Å². The summed E-state index contributed by atoms with van der Waals surface area (Å²) in [5.74, 6) is 0. The molecule has 0 rings (SSSR count). The van der Waals surface area contributed by atoms with E-state index in [0.717, 1.165) is 0 Å². The minimum absolute atomic E-state index is 0. The van der Waals surface area contributed by atoms with E-state index in [2.05, 4.69) is 0 Å². The van der Waals surface area contributed by atoms with Crippen molar-refractivity contribution < 1.29 is 72.6 Å². The zero-order valence-corrected chi connectivity index (χ0v) is 16.6. The maximum Gasteiger partial charge on any atom is 2.00 e. The van der Waals surface area contributed by atoms with Gasteiger partial charge in [-0.2, -0.15) is 0 Å². The van der Waals surface area contributed by atoms with Crippen LogP contribution >= 0.6 is 0 Å². The smallest absolute Gasteiger partial charge is 0.894 e. The van der Waals surface area contributed by atoms with Gasteiger partial charge in [-0.1, -0.05) is 0 Å². The van der Waals surface area contributed by atoms with E-state index in [1.165, 1.54) is 0 Å².